The molecule has 2 rings (SSSR count). The first-order valence-electron chi connectivity index (χ1n) is 6.81. The first kappa shape index (κ1) is 14.0. The summed E-state index contributed by atoms with van der Waals surface area (Å²) >= 11 is 0. The Labute approximate surface area is 113 Å². The Kier molecular flexibility index (Phi) is 4.20. The monoisotopic (exact) mass is 265 g/mol. The molecular formula is C15H20FNO2. The molecule has 0 saturated carbocycles. The predicted octanol–water partition coefficient (Wildman–Crippen LogP) is 3.00. The fraction of sp³-hybridized carbons (Fsp3) is 0.533. The normalized spacial score (nSPS) is 19.3. The molecule has 1 fully saturated rings. The summed E-state index contributed by atoms with van der Waals surface area (Å²) in [6.07, 6.45) is 2.98. The Balaban J connectivity index is 2.41. The lowest BCUT2D eigenvalue weighted by atomic mass is 9.82. The molecule has 1 N–H and O–H groups in total. The van der Waals surface area contributed by atoms with Crippen molar-refractivity contribution in [2.45, 2.75) is 38.1 Å². The standard InChI is InChI=1S/C15H20FNO2/c1-2-15(11-14(18)19,17-9-3-4-10-17)12-5-7-13(16)8-6-12/h5-8H,2-4,9-11H2,1H3,(H,18,19). The maximum Gasteiger partial charge on any atom is 0.305 e. The van der Waals surface area contributed by atoms with Crippen LogP contribution in [0.2, 0.25) is 0 Å². The van der Waals surface area contributed by atoms with Gasteiger partial charge < -0.3 is 5.11 Å². The van der Waals surface area contributed by atoms with Crippen molar-refractivity contribution in [3.8, 4) is 0 Å². The Morgan fingerprint density at radius 3 is 2.37 bits per heavy atom. The number of likely N-dealkylation sites (tertiary alicyclic amines) is 1. The van der Waals surface area contributed by atoms with Crippen molar-refractivity contribution in [2.24, 2.45) is 0 Å². The minimum absolute atomic E-state index is 0.0646. The van der Waals surface area contributed by atoms with Gasteiger partial charge in [-0.05, 0) is 50.0 Å². The molecule has 1 saturated heterocycles. The average Bonchev–Trinajstić information content (AvgIpc) is 2.91. The Morgan fingerprint density at radius 1 is 1.32 bits per heavy atom. The van der Waals surface area contributed by atoms with E-state index in [0.29, 0.717) is 6.42 Å². The van der Waals surface area contributed by atoms with Gasteiger partial charge in [0.25, 0.3) is 0 Å². The zero-order chi connectivity index (χ0) is 13.9. The van der Waals surface area contributed by atoms with Crippen LogP contribution in [0.15, 0.2) is 24.3 Å². The number of carboxylic acids is 1. The molecule has 0 radical (unpaired) electrons. The number of hydrogen-bond acceptors (Lipinski definition) is 2. The summed E-state index contributed by atoms with van der Waals surface area (Å²) in [5, 5.41) is 9.26. The van der Waals surface area contributed by atoms with Gasteiger partial charge in [0, 0.05) is 0 Å². The van der Waals surface area contributed by atoms with Gasteiger partial charge in [-0.15, -0.1) is 0 Å². The highest BCUT2D eigenvalue weighted by Crippen LogP contribution is 2.38. The number of benzene rings is 1. The molecule has 0 aliphatic carbocycles. The van der Waals surface area contributed by atoms with Crippen LogP contribution in [0.3, 0.4) is 0 Å². The lowest BCUT2D eigenvalue weighted by Gasteiger charge is -2.41. The molecule has 0 bridgehead atoms. The molecule has 0 spiro atoms. The SMILES string of the molecule is CCC(CC(=O)O)(c1ccc(F)cc1)N1CCCC1. The summed E-state index contributed by atoms with van der Waals surface area (Å²) in [5.41, 5.74) is 0.399. The van der Waals surface area contributed by atoms with Crippen LogP contribution in [0.25, 0.3) is 0 Å². The van der Waals surface area contributed by atoms with Crippen LogP contribution in [0, 0.1) is 5.82 Å². The molecule has 19 heavy (non-hydrogen) atoms. The van der Waals surface area contributed by atoms with E-state index in [2.05, 4.69) is 4.90 Å². The number of halogens is 1. The Morgan fingerprint density at radius 2 is 1.89 bits per heavy atom. The van der Waals surface area contributed by atoms with E-state index in [4.69, 9.17) is 0 Å². The molecule has 1 atom stereocenters. The maximum absolute atomic E-state index is 13.1. The number of hydrogen-bond donors (Lipinski definition) is 1. The molecule has 104 valence electrons. The minimum Gasteiger partial charge on any atom is -0.481 e. The van der Waals surface area contributed by atoms with Gasteiger partial charge in [0.2, 0.25) is 0 Å². The zero-order valence-electron chi connectivity index (χ0n) is 11.2. The fourth-order valence-electron chi connectivity index (χ4n) is 3.10. The van der Waals surface area contributed by atoms with Crippen molar-refractivity contribution in [2.75, 3.05) is 13.1 Å². The summed E-state index contributed by atoms with van der Waals surface area (Å²) in [6.45, 7) is 3.83. The molecule has 1 aliphatic rings. The second-order valence-corrected chi connectivity index (χ2v) is 5.16. The van der Waals surface area contributed by atoms with Crippen LogP contribution in [-0.2, 0) is 10.3 Å². The van der Waals surface area contributed by atoms with Gasteiger partial charge in [-0.2, -0.15) is 0 Å². The van der Waals surface area contributed by atoms with E-state index in [1.54, 1.807) is 12.1 Å². The highest BCUT2D eigenvalue weighted by Gasteiger charge is 2.40. The van der Waals surface area contributed by atoms with Gasteiger partial charge in [-0.3, -0.25) is 9.69 Å². The second kappa shape index (κ2) is 5.70. The van der Waals surface area contributed by atoms with Crippen LogP contribution >= 0.6 is 0 Å². The van der Waals surface area contributed by atoms with Crippen molar-refractivity contribution in [3.63, 3.8) is 0 Å². The quantitative estimate of drug-likeness (QED) is 0.889. The third-order valence-corrected chi connectivity index (χ3v) is 4.12. The van der Waals surface area contributed by atoms with Crippen molar-refractivity contribution in [1.82, 2.24) is 4.90 Å². The van der Waals surface area contributed by atoms with Gasteiger partial charge in [-0.25, -0.2) is 4.39 Å². The molecule has 1 heterocycles. The van der Waals surface area contributed by atoms with Gasteiger partial charge in [0.1, 0.15) is 5.82 Å². The molecule has 1 aromatic rings. The largest absolute Gasteiger partial charge is 0.481 e. The van der Waals surface area contributed by atoms with Crippen molar-refractivity contribution in [1.29, 1.82) is 0 Å². The number of carboxylic acid groups (broad SMARTS) is 1. The number of carbonyl (C=O) groups is 1. The minimum atomic E-state index is -0.807. The van der Waals surface area contributed by atoms with E-state index in [0.717, 1.165) is 31.5 Å². The lowest BCUT2D eigenvalue weighted by molar-refractivity contribution is -0.140. The van der Waals surface area contributed by atoms with Crippen molar-refractivity contribution >= 4 is 5.97 Å². The van der Waals surface area contributed by atoms with Crippen molar-refractivity contribution < 1.29 is 14.3 Å². The van der Waals surface area contributed by atoms with E-state index < -0.39 is 11.5 Å². The molecular weight excluding hydrogens is 245 g/mol. The summed E-state index contributed by atoms with van der Waals surface area (Å²) in [6, 6.07) is 6.27. The van der Waals surface area contributed by atoms with Crippen molar-refractivity contribution in [3.05, 3.63) is 35.6 Å². The number of aliphatic carboxylic acids is 1. The highest BCUT2D eigenvalue weighted by molar-refractivity contribution is 5.69. The molecule has 3 nitrogen and oxygen atoms in total. The first-order chi connectivity index (χ1) is 9.08. The number of nitrogens with zero attached hydrogens (tertiary/aromatic N) is 1. The molecule has 0 amide bonds. The molecule has 4 heteroatoms. The lowest BCUT2D eigenvalue weighted by Crippen LogP contribution is -2.45. The first-order valence-corrected chi connectivity index (χ1v) is 6.81. The van der Waals surface area contributed by atoms with Crippen LogP contribution in [0.1, 0.15) is 38.2 Å². The molecule has 0 aromatic heterocycles. The average molecular weight is 265 g/mol. The van der Waals surface area contributed by atoms with E-state index in [1.165, 1.54) is 12.1 Å². The van der Waals surface area contributed by atoms with Gasteiger partial charge in [0.05, 0.1) is 12.0 Å². The topological polar surface area (TPSA) is 40.5 Å². The van der Waals surface area contributed by atoms with Crippen LogP contribution in [-0.4, -0.2) is 29.1 Å². The highest BCUT2D eigenvalue weighted by atomic mass is 19.1. The van der Waals surface area contributed by atoms with Crippen LogP contribution in [0.5, 0.6) is 0 Å². The molecule has 1 aromatic carbocycles. The van der Waals surface area contributed by atoms with E-state index >= 15 is 0 Å². The van der Waals surface area contributed by atoms with Gasteiger partial charge in [-0.1, -0.05) is 19.1 Å². The zero-order valence-corrected chi connectivity index (χ0v) is 11.2. The summed E-state index contributed by atoms with van der Waals surface area (Å²) in [7, 11) is 0. The fourth-order valence-corrected chi connectivity index (χ4v) is 3.10. The smallest absolute Gasteiger partial charge is 0.305 e. The van der Waals surface area contributed by atoms with E-state index in [9.17, 15) is 14.3 Å². The van der Waals surface area contributed by atoms with Gasteiger partial charge >= 0.3 is 5.97 Å². The Hall–Kier alpha value is -1.42. The third kappa shape index (κ3) is 2.78. The van der Waals surface area contributed by atoms with Gasteiger partial charge in [0.15, 0.2) is 0 Å². The predicted molar refractivity (Wildman–Crippen MR) is 71.4 cm³/mol. The Bertz CT molecular complexity index is 440. The van der Waals surface area contributed by atoms with Crippen LogP contribution in [0.4, 0.5) is 4.39 Å². The molecule has 1 unspecified atom stereocenters. The maximum atomic E-state index is 13.1. The van der Waals surface area contributed by atoms with Crippen LogP contribution < -0.4 is 0 Å². The second-order valence-electron chi connectivity index (χ2n) is 5.16. The van der Waals surface area contributed by atoms with E-state index in [1.807, 2.05) is 6.92 Å². The number of rotatable bonds is 5. The molecule has 1 aliphatic heterocycles. The summed E-state index contributed by atoms with van der Waals surface area (Å²) in [4.78, 5) is 13.5. The third-order valence-electron chi connectivity index (χ3n) is 4.12. The van der Waals surface area contributed by atoms with E-state index in [-0.39, 0.29) is 12.2 Å². The summed E-state index contributed by atoms with van der Waals surface area (Å²) in [5.74, 6) is -1.09. The summed E-state index contributed by atoms with van der Waals surface area (Å²) < 4.78 is 13.1.